The van der Waals surface area contributed by atoms with Crippen LogP contribution >= 0.6 is 11.9 Å². The largest absolute Gasteiger partial charge is 0.380 e. The van der Waals surface area contributed by atoms with Crippen LogP contribution in [0.25, 0.3) is 0 Å². The molecule has 0 saturated carbocycles. The minimum absolute atomic E-state index is 0.818. The Bertz CT molecular complexity index is 443. The van der Waals surface area contributed by atoms with E-state index in [1.165, 1.54) is 17.5 Å². The van der Waals surface area contributed by atoms with Crippen molar-refractivity contribution in [2.24, 2.45) is 5.14 Å². The van der Waals surface area contributed by atoms with E-state index in [1.54, 1.807) is 0 Å². The number of para-hydroxylation sites is 1. The second kappa shape index (κ2) is 5.58. The number of benzene rings is 2. The number of anilines is 1. The Balaban J connectivity index is 2.05. The third-order valence-corrected chi connectivity index (χ3v) is 2.95. The molecule has 0 radical (unpaired) electrons. The van der Waals surface area contributed by atoms with Crippen molar-refractivity contribution < 1.29 is 0 Å². The third kappa shape index (κ3) is 2.78. The molecule has 0 bridgehead atoms. The van der Waals surface area contributed by atoms with Gasteiger partial charge in [0.2, 0.25) is 0 Å². The van der Waals surface area contributed by atoms with Crippen molar-refractivity contribution >= 4 is 17.6 Å². The molecule has 82 valence electrons. The van der Waals surface area contributed by atoms with Crippen LogP contribution in [0.15, 0.2) is 59.5 Å². The second-order valence-corrected chi connectivity index (χ2v) is 4.13. The van der Waals surface area contributed by atoms with Crippen molar-refractivity contribution in [2.75, 3.05) is 5.32 Å². The molecule has 0 aromatic heterocycles. The molecule has 0 unspecified atom stereocenters. The highest BCUT2D eigenvalue weighted by Crippen LogP contribution is 2.23. The molecule has 0 atom stereocenters. The summed E-state index contributed by atoms with van der Waals surface area (Å²) in [5, 5.41) is 8.98. The lowest BCUT2D eigenvalue weighted by Crippen LogP contribution is -2.00. The summed E-state index contributed by atoms with van der Waals surface area (Å²) in [6, 6.07) is 18.4. The number of nitrogens with one attached hydrogen (secondary N) is 1. The van der Waals surface area contributed by atoms with Gasteiger partial charge in [-0.3, -0.25) is 5.14 Å². The fourth-order valence-corrected chi connectivity index (χ4v) is 1.93. The Morgan fingerprint density at radius 3 is 2.38 bits per heavy atom. The van der Waals surface area contributed by atoms with Crippen LogP contribution in [0, 0.1) is 0 Å². The average molecular weight is 230 g/mol. The van der Waals surface area contributed by atoms with Gasteiger partial charge in [-0.1, -0.05) is 42.5 Å². The zero-order chi connectivity index (χ0) is 11.2. The molecule has 0 heterocycles. The predicted octanol–water partition coefficient (Wildman–Crippen LogP) is 3.26. The van der Waals surface area contributed by atoms with Crippen LogP contribution in [0.4, 0.5) is 5.69 Å². The van der Waals surface area contributed by atoms with Gasteiger partial charge in [0.1, 0.15) is 0 Å². The topological polar surface area (TPSA) is 38.0 Å². The minimum Gasteiger partial charge on any atom is -0.380 e. The molecule has 0 aliphatic rings. The first-order valence-corrected chi connectivity index (χ1v) is 6.01. The SMILES string of the molecule is NSc1ccccc1NCc1ccccc1. The normalized spacial score (nSPS) is 10.1. The van der Waals surface area contributed by atoms with Crippen LogP contribution in [0.3, 0.4) is 0 Å². The molecule has 2 rings (SSSR count). The molecule has 2 aromatic carbocycles. The Labute approximate surface area is 100 Å². The fourth-order valence-electron chi connectivity index (χ4n) is 1.51. The number of nitrogens with two attached hydrogens (primary N) is 1. The molecule has 2 aromatic rings. The van der Waals surface area contributed by atoms with E-state index >= 15 is 0 Å². The molecule has 2 nitrogen and oxygen atoms in total. The zero-order valence-corrected chi connectivity index (χ0v) is 9.71. The third-order valence-electron chi connectivity index (χ3n) is 2.34. The maximum Gasteiger partial charge on any atom is 0.0494 e. The molecule has 0 amide bonds. The molecular formula is C13H14N2S. The van der Waals surface area contributed by atoms with Crippen molar-refractivity contribution in [1.29, 1.82) is 0 Å². The molecule has 0 spiro atoms. The van der Waals surface area contributed by atoms with Gasteiger partial charge in [-0.15, -0.1) is 0 Å². The summed E-state index contributed by atoms with van der Waals surface area (Å²) >= 11 is 1.27. The van der Waals surface area contributed by atoms with Crippen molar-refractivity contribution in [3.8, 4) is 0 Å². The predicted molar refractivity (Wildman–Crippen MR) is 70.3 cm³/mol. The van der Waals surface area contributed by atoms with E-state index in [0.29, 0.717) is 0 Å². The first-order chi connectivity index (χ1) is 7.90. The van der Waals surface area contributed by atoms with Gasteiger partial charge in [0.15, 0.2) is 0 Å². The van der Waals surface area contributed by atoms with Gasteiger partial charge in [0.25, 0.3) is 0 Å². The first kappa shape index (κ1) is 11.0. The lowest BCUT2D eigenvalue weighted by molar-refractivity contribution is 1.13. The van der Waals surface area contributed by atoms with E-state index in [-0.39, 0.29) is 0 Å². The minimum atomic E-state index is 0.818. The highest BCUT2D eigenvalue weighted by molar-refractivity contribution is 7.97. The molecule has 16 heavy (non-hydrogen) atoms. The van der Waals surface area contributed by atoms with Gasteiger partial charge in [0, 0.05) is 17.1 Å². The summed E-state index contributed by atoms with van der Waals surface area (Å²) in [5.74, 6) is 0. The molecule has 0 aliphatic carbocycles. The Hall–Kier alpha value is -1.45. The molecule has 0 aliphatic heterocycles. The van der Waals surface area contributed by atoms with Gasteiger partial charge >= 0.3 is 0 Å². The van der Waals surface area contributed by atoms with Crippen LogP contribution in [0.1, 0.15) is 5.56 Å². The molecular weight excluding hydrogens is 216 g/mol. The molecule has 3 N–H and O–H groups in total. The summed E-state index contributed by atoms with van der Waals surface area (Å²) in [5.41, 5.74) is 2.35. The van der Waals surface area contributed by atoms with Gasteiger partial charge in [-0.2, -0.15) is 0 Å². The summed E-state index contributed by atoms with van der Waals surface area (Å²) in [4.78, 5) is 1.07. The second-order valence-electron chi connectivity index (χ2n) is 3.45. The van der Waals surface area contributed by atoms with E-state index in [9.17, 15) is 0 Å². The number of rotatable bonds is 4. The first-order valence-electron chi connectivity index (χ1n) is 5.13. The number of hydrogen-bond donors (Lipinski definition) is 2. The summed E-state index contributed by atoms with van der Waals surface area (Å²) in [7, 11) is 0. The van der Waals surface area contributed by atoms with Crippen molar-refractivity contribution in [2.45, 2.75) is 11.4 Å². The van der Waals surface area contributed by atoms with Crippen molar-refractivity contribution in [3.05, 3.63) is 60.2 Å². The fraction of sp³-hybridized carbons (Fsp3) is 0.0769. The van der Waals surface area contributed by atoms with Gasteiger partial charge in [0.05, 0.1) is 0 Å². The number of hydrogen-bond acceptors (Lipinski definition) is 3. The Kier molecular flexibility index (Phi) is 3.86. The van der Waals surface area contributed by atoms with Gasteiger partial charge in [-0.25, -0.2) is 0 Å². The highest BCUT2D eigenvalue weighted by atomic mass is 32.2. The summed E-state index contributed by atoms with van der Waals surface area (Å²) in [6.45, 7) is 0.818. The van der Waals surface area contributed by atoms with Gasteiger partial charge < -0.3 is 5.32 Å². The smallest absolute Gasteiger partial charge is 0.0494 e. The average Bonchev–Trinajstić information content (AvgIpc) is 2.38. The van der Waals surface area contributed by atoms with Crippen LogP contribution in [-0.4, -0.2) is 0 Å². The molecule has 0 saturated heterocycles. The van der Waals surface area contributed by atoms with Gasteiger partial charge in [-0.05, 0) is 29.6 Å². The monoisotopic (exact) mass is 230 g/mol. The summed E-state index contributed by atoms with van der Waals surface area (Å²) in [6.07, 6.45) is 0. The van der Waals surface area contributed by atoms with E-state index in [2.05, 4.69) is 17.4 Å². The summed E-state index contributed by atoms with van der Waals surface area (Å²) < 4.78 is 0. The lowest BCUT2D eigenvalue weighted by atomic mass is 10.2. The van der Waals surface area contributed by atoms with Crippen LogP contribution < -0.4 is 10.5 Å². The van der Waals surface area contributed by atoms with Crippen LogP contribution in [0.5, 0.6) is 0 Å². The van der Waals surface area contributed by atoms with Crippen LogP contribution in [0.2, 0.25) is 0 Å². The standard InChI is InChI=1S/C13H14N2S/c14-16-13-9-5-4-8-12(13)15-10-11-6-2-1-3-7-11/h1-9,15H,10,14H2. The quantitative estimate of drug-likeness (QED) is 0.792. The van der Waals surface area contributed by atoms with E-state index in [0.717, 1.165) is 17.1 Å². The highest BCUT2D eigenvalue weighted by Gasteiger charge is 1.99. The Morgan fingerprint density at radius 1 is 0.938 bits per heavy atom. The van der Waals surface area contributed by atoms with E-state index in [4.69, 9.17) is 5.14 Å². The maximum absolute atomic E-state index is 5.60. The Morgan fingerprint density at radius 2 is 1.62 bits per heavy atom. The van der Waals surface area contributed by atoms with E-state index < -0.39 is 0 Å². The molecule has 0 fully saturated rings. The van der Waals surface area contributed by atoms with Crippen molar-refractivity contribution in [1.82, 2.24) is 0 Å². The van der Waals surface area contributed by atoms with E-state index in [1.807, 2.05) is 42.5 Å². The van der Waals surface area contributed by atoms with Crippen LogP contribution in [-0.2, 0) is 6.54 Å². The molecule has 3 heteroatoms. The van der Waals surface area contributed by atoms with Crippen molar-refractivity contribution in [3.63, 3.8) is 0 Å². The maximum atomic E-state index is 5.60. The zero-order valence-electron chi connectivity index (χ0n) is 8.89. The lowest BCUT2D eigenvalue weighted by Gasteiger charge is -2.09.